The lowest BCUT2D eigenvalue weighted by atomic mass is 10.2. The first-order valence-corrected chi connectivity index (χ1v) is 5.58. The summed E-state index contributed by atoms with van der Waals surface area (Å²) in [6, 6.07) is -0.696. The number of nitrogens with zero attached hydrogens (tertiary/aromatic N) is 3. The van der Waals surface area contributed by atoms with Crippen molar-refractivity contribution in [3.63, 3.8) is 0 Å². The summed E-state index contributed by atoms with van der Waals surface area (Å²) in [5.41, 5.74) is 0.313. The van der Waals surface area contributed by atoms with Crippen LogP contribution in [0.5, 0.6) is 0 Å². The molecule has 1 saturated heterocycles. The lowest BCUT2D eigenvalue weighted by Gasteiger charge is -2.33. The van der Waals surface area contributed by atoms with Crippen LogP contribution in [0.1, 0.15) is 10.5 Å². The summed E-state index contributed by atoms with van der Waals surface area (Å²) in [4.78, 5) is 29.3. The minimum atomic E-state index is -0.696. The molecular weight excluding hydrogens is 238 g/mol. The minimum Gasteiger partial charge on any atom is -0.467 e. The smallest absolute Gasteiger partial charge is 0.331 e. The molecule has 18 heavy (non-hydrogen) atoms. The lowest BCUT2D eigenvalue weighted by molar-refractivity contribution is -0.151. The van der Waals surface area contributed by atoms with Crippen LogP contribution in [0.15, 0.2) is 12.5 Å². The molecule has 98 valence electrons. The largest absolute Gasteiger partial charge is 0.467 e. The van der Waals surface area contributed by atoms with Crippen molar-refractivity contribution < 1.29 is 19.1 Å². The molecule has 0 spiro atoms. The van der Waals surface area contributed by atoms with Crippen molar-refractivity contribution in [3.8, 4) is 0 Å². The maximum atomic E-state index is 12.2. The van der Waals surface area contributed by atoms with Gasteiger partial charge in [0.2, 0.25) is 0 Å². The number of imidazole rings is 1. The molecule has 1 amide bonds. The monoisotopic (exact) mass is 253 g/mol. The van der Waals surface area contributed by atoms with Crippen molar-refractivity contribution in [2.75, 3.05) is 26.9 Å². The zero-order valence-corrected chi connectivity index (χ0v) is 10.3. The Labute approximate surface area is 104 Å². The van der Waals surface area contributed by atoms with Crippen LogP contribution in [0, 0.1) is 0 Å². The molecule has 0 aliphatic carbocycles. The minimum absolute atomic E-state index is 0.158. The molecule has 7 heteroatoms. The van der Waals surface area contributed by atoms with E-state index in [0.29, 0.717) is 18.8 Å². The number of carbonyl (C=O) groups is 2. The third kappa shape index (κ3) is 2.35. The third-order valence-electron chi connectivity index (χ3n) is 2.79. The predicted molar refractivity (Wildman–Crippen MR) is 60.9 cm³/mol. The van der Waals surface area contributed by atoms with E-state index in [1.54, 1.807) is 24.1 Å². The van der Waals surface area contributed by atoms with Crippen molar-refractivity contribution in [3.05, 3.63) is 18.2 Å². The van der Waals surface area contributed by atoms with Gasteiger partial charge in [-0.1, -0.05) is 0 Å². The molecule has 1 unspecified atom stereocenters. The fraction of sp³-hybridized carbons (Fsp3) is 0.545. The standard InChI is InChI=1S/C11H15N3O4/c1-13-5-8(12-7-13)10(15)14-3-4-18-6-9(14)11(16)17-2/h5,7,9H,3-4,6H2,1-2H3. The second-order valence-corrected chi connectivity index (χ2v) is 4.04. The van der Waals surface area contributed by atoms with E-state index in [2.05, 4.69) is 9.72 Å². The Bertz CT molecular complexity index is 457. The number of aryl methyl sites for hydroxylation is 1. The molecule has 1 aliphatic rings. The van der Waals surface area contributed by atoms with Gasteiger partial charge >= 0.3 is 5.97 Å². The fourth-order valence-electron chi connectivity index (χ4n) is 1.85. The number of carbonyl (C=O) groups excluding carboxylic acids is 2. The van der Waals surface area contributed by atoms with E-state index in [0.717, 1.165) is 0 Å². The zero-order chi connectivity index (χ0) is 13.1. The van der Waals surface area contributed by atoms with Gasteiger partial charge in [-0.2, -0.15) is 0 Å². The Hall–Kier alpha value is -1.89. The molecule has 7 nitrogen and oxygen atoms in total. The van der Waals surface area contributed by atoms with Gasteiger partial charge in [-0.15, -0.1) is 0 Å². The summed E-state index contributed by atoms with van der Waals surface area (Å²) in [5, 5.41) is 0. The first kappa shape index (κ1) is 12.6. The van der Waals surface area contributed by atoms with E-state index in [1.165, 1.54) is 12.0 Å². The van der Waals surface area contributed by atoms with Crippen molar-refractivity contribution in [1.82, 2.24) is 14.5 Å². The summed E-state index contributed by atoms with van der Waals surface area (Å²) in [6.45, 7) is 0.923. The Morgan fingerprint density at radius 3 is 2.94 bits per heavy atom. The Balaban J connectivity index is 2.18. The van der Waals surface area contributed by atoms with Gasteiger partial charge in [-0.05, 0) is 0 Å². The molecule has 1 atom stereocenters. The fourth-order valence-corrected chi connectivity index (χ4v) is 1.85. The summed E-state index contributed by atoms with van der Waals surface area (Å²) in [7, 11) is 3.07. The molecule has 0 aromatic carbocycles. The highest BCUT2D eigenvalue weighted by Crippen LogP contribution is 2.12. The number of hydrogen-bond acceptors (Lipinski definition) is 5. The quantitative estimate of drug-likeness (QED) is 0.660. The van der Waals surface area contributed by atoms with E-state index in [9.17, 15) is 9.59 Å². The second kappa shape index (κ2) is 5.18. The van der Waals surface area contributed by atoms with E-state index < -0.39 is 12.0 Å². The van der Waals surface area contributed by atoms with Gasteiger partial charge in [0.1, 0.15) is 5.69 Å². The van der Waals surface area contributed by atoms with Gasteiger partial charge in [0.15, 0.2) is 6.04 Å². The molecule has 1 aromatic rings. The van der Waals surface area contributed by atoms with Crippen LogP contribution in [0.25, 0.3) is 0 Å². The topological polar surface area (TPSA) is 73.7 Å². The van der Waals surface area contributed by atoms with E-state index in [1.807, 2.05) is 0 Å². The van der Waals surface area contributed by atoms with Gasteiger partial charge in [0.05, 0.1) is 26.7 Å². The van der Waals surface area contributed by atoms with Gasteiger partial charge in [0.25, 0.3) is 5.91 Å². The first-order chi connectivity index (χ1) is 8.63. The van der Waals surface area contributed by atoms with Crippen LogP contribution < -0.4 is 0 Å². The maximum Gasteiger partial charge on any atom is 0.331 e. The summed E-state index contributed by atoms with van der Waals surface area (Å²) in [6.07, 6.45) is 3.16. The molecule has 0 bridgehead atoms. The summed E-state index contributed by atoms with van der Waals surface area (Å²) in [5.74, 6) is -0.756. The van der Waals surface area contributed by atoms with Crippen molar-refractivity contribution in [2.45, 2.75) is 6.04 Å². The number of esters is 1. The third-order valence-corrected chi connectivity index (χ3v) is 2.79. The molecule has 1 aliphatic heterocycles. The normalized spacial score (nSPS) is 19.7. The Morgan fingerprint density at radius 2 is 2.33 bits per heavy atom. The van der Waals surface area contributed by atoms with E-state index in [-0.39, 0.29) is 12.5 Å². The molecule has 1 fully saturated rings. The number of hydrogen-bond donors (Lipinski definition) is 0. The van der Waals surface area contributed by atoms with Gasteiger partial charge in [0, 0.05) is 19.8 Å². The Kier molecular flexibility index (Phi) is 3.61. The van der Waals surface area contributed by atoms with Crippen LogP contribution >= 0.6 is 0 Å². The number of amides is 1. The molecule has 0 N–H and O–H groups in total. The number of rotatable bonds is 2. The molecule has 0 saturated carbocycles. The highest BCUT2D eigenvalue weighted by molar-refractivity contribution is 5.95. The number of ether oxygens (including phenoxy) is 2. The van der Waals surface area contributed by atoms with Crippen LogP contribution in [0.3, 0.4) is 0 Å². The average Bonchev–Trinajstić information content (AvgIpc) is 2.83. The first-order valence-electron chi connectivity index (χ1n) is 5.58. The zero-order valence-electron chi connectivity index (χ0n) is 10.3. The molecule has 0 radical (unpaired) electrons. The van der Waals surface area contributed by atoms with E-state index in [4.69, 9.17) is 4.74 Å². The van der Waals surface area contributed by atoms with Crippen LogP contribution in [-0.2, 0) is 21.3 Å². The number of methoxy groups -OCH3 is 1. The highest BCUT2D eigenvalue weighted by Gasteiger charge is 2.34. The average molecular weight is 253 g/mol. The van der Waals surface area contributed by atoms with Crippen LogP contribution in [0.2, 0.25) is 0 Å². The van der Waals surface area contributed by atoms with E-state index >= 15 is 0 Å². The second-order valence-electron chi connectivity index (χ2n) is 4.04. The molecule has 2 rings (SSSR count). The highest BCUT2D eigenvalue weighted by atomic mass is 16.5. The Morgan fingerprint density at radius 1 is 1.56 bits per heavy atom. The van der Waals surface area contributed by atoms with Crippen LogP contribution in [-0.4, -0.2) is 59.2 Å². The van der Waals surface area contributed by atoms with Gasteiger partial charge in [-0.25, -0.2) is 9.78 Å². The summed E-state index contributed by atoms with van der Waals surface area (Å²) >= 11 is 0. The predicted octanol–water partition coefficient (Wildman–Crippen LogP) is -0.566. The van der Waals surface area contributed by atoms with Crippen LogP contribution in [0.4, 0.5) is 0 Å². The van der Waals surface area contributed by atoms with Crippen molar-refractivity contribution in [2.24, 2.45) is 7.05 Å². The van der Waals surface area contributed by atoms with Gasteiger partial charge in [-0.3, -0.25) is 4.79 Å². The van der Waals surface area contributed by atoms with Crippen molar-refractivity contribution >= 4 is 11.9 Å². The SMILES string of the molecule is COC(=O)C1COCCN1C(=O)c1cn(C)cn1. The molecule has 1 aromatic heterocycles. The lowest BCUT2D eigenvalue weighted by Crippen LogP contribution is -2.53. The maximum absolute atomic E-state index is 12.2. The summed E-state index contributed by atoms with van der Waals surface area (Å²) < 4.78 is 11.6. The van der Waals surface area contributed by atoms with Crippen molar-refractivity contribution in [1.29, 1.82) is 0 Å². The molecule has 2 heterocycles. The number of aromatic nitrogens is 2. The number of morpholine rings is 1. The molecular formula is C11H15N3O4. The van der Waals surface area contributed by atoms with Gasteiger partial charge < -0.3 is 18.9 Å².